The number of hydrogen-bond donors (Lipinski definition) is 1. The largest absolute Gasteiger partial charge is 0.380 e. The number of hydrogen-bond acceptors (Lipinski definition) is 3. The molecule has 19 heavy (non-hydrogen) atoms. The smallest absolute Gasteiger partial charge is 0.0670 e. The highest BCUT2D eigenvalue weighted by Gasteiger charge is 2.35. The van der Waals surface area contributed by atoms with Gasteiger partial charge in [-0.1, -0.05) is 30.3 Å². The lowest BCUT2D eigenvalue weighted by Crippen LogP contribution is -2.61. The molecule has 0 amide bonds. The zero-order chi connectivity index (χ0) is 13.9. The van der Waals surface area contributed by atoms with E-state index in [-0.39, 0.29) is 11.6 Å². The summed E-state index contributed by atoms with van der Waals surface area (Å²) in [5, 5.41) is 3.70. The quantitative estimate of drug-likeness (QED) is 0.900. The van der Waals surface area contributed by atoms with Gasteiger partial charge in [-0.25, -0.2) is 0 Å². The molecule has 0 aromatic heterocycles. The van der Waals surface area contributed by atoms with E-state index in [1.807, 2.05) is 0 Å². The van der Waals surface area contributed by atoms with Crippen molar-refractivity contribution in [1.29, 1.82) is 0 Å². The molecule has 3 heteroatoms. The molecule has 0 spiro atoms. The van der Waals surface area contributed by atoms with E-state index in [1.165, 1.54) is 5.56 Å². The van der Waals surface area contributed by atoms with E-state index in [9.17, 15) is 0 Å². The zero-order valence-corrected chi connectivity index (χ0v) is 12.5. The van der Waals surface area contributed by atoms with E-state index >= 15 is 0 Å². The molecule has 1 fully saturated rings. The van der Waals surface area contributed by atoms with Crippen molar-refractivity contribution < 1.29 is 4.74 Å². The Bertz CT molecular complexity index is 395. The number of ether oxygens (including phenoxy) is 1. The van der Waals surface area contributed by atoms with E-state index in [0.29, 0.717) is 6.04 Å². The second-order valence-electron chi connectivity index (χ2n) is 5.90. The molecule has 106 valence electrons. The fourth-order valence-corrected chi connectivity index (χ4v) is 2.77. The second kappa shape index (κ2) is 6.04. The minimum atomic E-state index is 0.0290. The Labute approximate surface area is 116 Å². The summed E-state index contributed by atoms with van der Waals surface area (Å²) in [6.45, 7) is 9.72. The van der Waals surface area contributed by atoms with Gasteiger partial charge in [-0.15, -0.1) is 0 Å². The highest BCUT2D eigenvalue weighted by Crippen LogP contribution is 2.26. The van der Waals surface area contributed by atoms with Crippen LogP contribution in [0.4, 0.5) is 0 Å². The summed E-state index contributed by atoms with van der Waals surface area (Å²) in [6, 6.07) is 11.3. The first-order valence-electron chi connectivity index (χ1n) is 7.12. The normalized spacial score (nSPS) is 30.2. The van der Waals surface area contributed by atoms with Crippen LogP contribution in [0.5, 0.6) is 0 Å². The average Bonchev–Trinajstić information content (AvgIpc) is 2.44. The van der Waals surface area contributed by atoms with Crippen molar-refractivity contribution >= 4 is 0 Å². The van der Waals surface area contributed by atoms with Crippen molar-refractivity contribution in [2.75, 3.05) is 26.7 Å². The van der Waals surface area contributed by atoms with Crippen molar-refractivity contribution in [3.8, 4) is 0 Å². The van der Waals surface area contributed by atoms with Crippen LogP contribution in [0.15, 0.2) is 30.3 Å². The molecular weight excluding hydrogens is 236 g/mol. The third-order valence-electron chi connectivity index (χ3n) is 4.24. The fraction of sp³-hybridized carbons (Fsp3) is 0.625. The topological polar surface area (TPSA) is 24.5 Å². The summed E-state index contributed by atoms with van der Waals surface area (Å²) in [5.41, 5.74) is 1.39. The van der Waals surface area contributed by atoms with Gasteiger partial charge >= 0.3 is 0 Å². The maximum Gasteiger partial charge on any atom is 0.0670 e. The molecule has 0 saturated carbocycles. The van der Waals surface area contributed by atoms with Crippen LogP contribution < -0.4 is 5.32 Å². The van der Waals surface area contributed by atoms with Gasteiger partial charge in [-0.2, -0.15) is 0 Å². The molecule has 1 saturated heterocycles. The van der Waals surface area contributed by atoms with E-state index in [0.717, 1.165) is 19.6 Å². The molecule has 3 nitrogen and oxygen atoms in total. The molecule has 2 rings (SSSR count). The lowest BCUT2D eigenvalue weighted by molar-refractivity contribution is 0.0281. The SMILES string of the molecule is COC(C)CN1CC(C)(c2ccccc2)NCC1C. The first kappa shape index (κ1) is 14.5. The van der Waals surface area contributed by atoms with Crippen LogP contribution in [0.1, 0.15) is 26.3 Å². The minimum Gasteiger partial charge on any atom is -0.380 e. The summed E-state index contributed by atoms with van der Waals surface area (Å²) in [4.78, 5) is 2.53. The number of benzene rings is 1. The number of rotatable bonds is 4. The lowest BCUT2D eigenvalue weighted by atomic mass is 9.88. The van der Waals surface area contributed by atoms with E-state index in [4.69, 9.17) is 4.74 Å². The Balaban J connectivity index is 2.12. The highest BCUT2D eigenvalue weighted by molar-refractivity contribution is 5.25. The molecule has 3 unspecified atom stereocenters. The van der Waals surface area contributed by atoms with Crippen LogP contribution in [-0.4, -0.2) is 43.8 Å². The Hall–Kier alpha value is -0.900. The van der Waals surface area contributed by atoms with Gasteiger partial charge in [-0.3, -0.25) is 4.90 Å². The third kappa shape index (κ3) is 3.35. The molecule has 0 bridgehead atoms. The van der Waals surface area contributed by atoms with Gasteiger partial charge in [0.15, 0.2) is 0 Å². The monoisotopic (exact) mass is 262 g/mol. The summed E-state index contributed by atoms with van der Waals surface area (Å²) >= 11 is 0. The Morgan fingerprint density at radius 3 is 2.74 bits per heavy atom. The minimum absolute atomic E-state index is 0.0290. The van der Waals surface area contributed by atoms with E-state index in [2.05, 4.69) is 61.3 Å². The number of nitrogens with one attached hydrogen (secondary N) is 1. The molecule has 0 aliphatic carbocycles. The van der Waals surface area contributed by atoms with Gasteiger partial charge in [0.25, 0.3) is 0 Å². The van der Waals surface area contributed by atoms with Gasteiger partial charge in [0.2, 0.25) is 0 Å². The maximum atomic E-state index is 5.41. The molecule has 3 atom stereocenters. The van der Waals surface area contributed by atoms with Crippen molar-refractivity contribution in [2.45, 2.75) is 38.5 Å². The average molecular weight is 262 g/mol. The predicted octanol–water partition coefficient (Wildman–Crippen LogP) is 2.23. The van der Waals surface area contributed by atoms with Crippen molar-refractivity contribution in [1.82, 2.24) is 10.2 Å². The summed E-state index contributed by atoms with van der Waals surface area (Å²) in [7, 11) is 1.79. The third-order valence-corrected chi connectivity index (χ3v) is 4.24. The van der Waals surface area contributed by atoms with Crippen LogP contribution in [0.25, 0.3) is 0 Å². The fourth-order valence-electron chi connectivity index (χ4n) is 2.77. The van der Waals surface area contributed by atoms with Crippen LogP contribution in [0.3, 0.4) is 0 Å². The Morgan fingerprint density at radius 1 is 1.42 bits per heavy atom. The van der Waals surface area contributed by atoms with Crippen LogP contribution in [0, 0.1) is 0 Å². The molecule has 1 aromatic carbocycles. The van der Waals surface area contributed by atoms with Crippen LogP contribution in [-0.2, 0) is 10.3 Å². The Kier molecular flexibility index (Phi) is 4.61. The maximum absolute atomic E-state index is 5.41. The Morgan fingerprint density at radius 2 is 2.11 bits per heavy atom. The van der Waals surface area contributed by atoms with Gasteiger partial charge in [0.1, 0.15) is 0 Å². The van der Waals surface area contributed by atoms with E-state index < -0.39 is 0 Å². The molecule has 0 radical (unpaired) electrons. The van der Waals surface area contributed by atoms with Crippen molar-refractivity contribution in [3.63, 3.8) is 0 Å². The predicted molar refractivity (Wildman–Crippen MR) is 79.3 cm³/mol. The van der Waals surface area contributed by atoms with E-state index in [1.54, 1.807) is 7.11 Å². The first-order chi connectivity index (χ1) is 9.05. The molecule has 1 heterocycles. The number of nitrogens with zero attached hydrogens (tertiary/aromatic N) is 1. The summed E-state index contributed by atoms with van der Waals surface area (Å²) in [5.74, 6) is 0. The van der Waals surface area contributed by atoms with Crippen molar-refractivity contribution in [3.05, 3.63) is 35.9 Å². The van der Waals surface area contributed by atoms with Crippen LogP contribution >= 0.6 is 0 Å². The zero-order valence-electron chi connectivity index (χ0n) is 12.5. The van der Waals surface area contributed by atoms with Gasteiger partial charge in [0, 0.05) is 32.8 Å². The second-order valence-corrected chi connectivity index (χ2v) is 5.90. The molecule has 1 aliphatic rings. The van der Waals surface area contributed by atoms with Gasteiger partial charge < -0.3 is 10.1 Å². The molecular formula is C16H26N2O. The molecule has 1 N–H and O–H groups in total. The first-order valence-corrected chi connectivity index (χ1v) is 7.12. The molecule has 1 aromatic rings. The lowest BCUT2D eigenvalue weighted by Gasteiger charge is -2.46. The summed E-state index contributed by atoms with van der Waals surface area (Å²) in [6.07, 6.45) is 0.278. The summed E-state index contributed by atoms with van der Waals surface area (Å²) < 4.78 is 5.41. The standard InChI is InChI=1S/C16H26N2O/c1-13-10-17-16(3,15-8-6-5-7-9-15)12-18(13)11-14(2)19-4/h5-9,13-14,17H,10-12H2,1-4H3. The van der Waals surface area contributed by atoms with Gasteiger partial charge in [-0.05, 0) is 26.3 Å². The highest BCUT2D eigenvalue weighted by atomic mass is 16.5. The van der Waals surface area contributed by atoms with Crippen LogP contribution in [0.2, 0.25) is 0 Å². The van der Waals surface area contributed by atoms with Crippen molar-refractivity contribution in [2.24, 2.45) is 0 Å². The number of piperazine rings is 1. The molecule has 1 aliphatic heterocycles. The van der Waals surface area contributed by atoms with Gasteiger partial charge in [0.05, 0.1) is 11.6 Å². The number of methoxy groups -OCH3 is 1.